The normalized spacial score (nSPS) is 13.6. The molecule has 204 valence electrons. The van der Waals surface area contributed by atoms with E-state index in [2.05, 4.69) is 159 Å². The van der Waals surface area contributed by atoms with Crippen LogP contribution in [0.15, 0.2) is 126 Å². The van der Waals surface area contributed by atoms with Gasteiger partial charge >= 0.3 is 0 Å². The summed E-state index contributed by atoms with van der Waals surface area (Å²) in [5.74, 6) is 0.947. The first-order valence-corrected chi connectivity index (χ1v) is 15.1. The van der Waals surface area contributed by atoms with Crippen molar-refractivity contribution in [3.63, 3.8) is 0 Å². The van der Waals surface area contributed by atoms with Gasteiger partial charge < -0.3 is 9.80 Å². The molecular weight excluding hydrogens is 580 g/mol. The predicted molar refractivity (Wildman–Crippen MR) is 176 cm³/mol. The molecule has 0 N–H and O–H groups in total. The van der Waals surface area contributed by atoms with Gasteiger partial charge in [0.15, 0.2) is 0 Å². The number of aromatic nitrogens is 2. The average molecular weight is 610 g/mol. The lowest BCUT2D eigenvalue weighted by molar-refractivity contribution is 0.651. The molecular formula is C37H29BrN4. The van der Waals surface area contributed by atoms with Gasteiger partial charge in [0.25, 0.3) is 0 Å². The minimum absolute atomic E-state index is 0.886. The van der Waals surface area contributed by atoms with Crippen LogP contribution in [0.4, 0.5) is 11.4 Å². The van der Waals surface area contributed by atoms with E-state index in [0.29, 0.717) is 0 Å². The van der Waals surface area contributed by atoms with Crippen molar-refractivity contribution in [1.82, 2.24) is 9.55 Å². The summed E-state index contributed by atoms with van der Waals surface area (Å²) in [5.41, 5.74) is 13.1. The summed E-state index contributed by atoms with van der Waals surface area (Å²) < 4.78 is 3.47. The Morgan fingerprint density at radius 1 is 0.619 bits per heavy atom. The van der Waals surface area contributed by atoms with Gasteiger partial charge in [-0.2, -0.15) is 0 Å². The van der Waals surface area contributed by atoms with Crippen molar-refractivity contribution in [2.45, 2.75) is 20.0 Å². The van der Waals surface area contributed by atoms with Crippen LogP contribution in [0.1, 0.15) is 16.7 Å². The van der Waals surface area contributed by atoms with Crippen LogP contribution in [0, 0.1) is 6.92 Å². The Hall–Kier alpha value is -4.61. The quantitative estimate of drug-likeness (QED) is 0.199. The standard InChI is InChI=1S/C37H29BrN4/c1-25-12-18-32(19-13-25)42-36(27-10-6-3-7-11-27)35(26-8-4-2-5-9-26)39-37(42)28-14-15-29-22-41-24-40(33(29)20-28)23-30-16-17-31(38)21-34(30)41/h2-21H,22-24H2,1H3. The van der Waals surface area contributed by atoms with E-state index in [1.165, 1.54) is 28.1 Å². The predicted octanol–water partition coefficient (Wildman–Crippen LogP) is 9.24. The van der Waals surface area contributed by atoms with E-state index >= 15 is 0 Å². The molecule has 5 aromatic carbocycles. The molecule has 0 amide bonds. The molecule has 2 aliphatic heterocycles. The molecule has 0 unspecified atom stereocenters. The van der Waals surface area contributed by atoms with Crippen LogP contribution in [0.2, 0.25) is 0 Å². The van der Waals surface area contributed by atoms with Crippen LogP contribution < -0.4 is 9.80 Å². The van der Waals surface area contributed by atoms with Gasteiger partial charge in [-0.05, 0) is 48.4 Å². The number of hydrogen-bond acceptors (Lipinski definition) is 3. The molecule has 8 rings (SSSR count). The Kier molecular flexibility index (Phi) is 6.00. The van der Waals surface area contributed by atoms with E-state index in [4.69, 9.17) is 4.98 Å². The summed E-state index contributed by atoms with van der Waals surface area (Å²) in [6, 6.07) is 43.5. The van der Waals surface area contributed by atoms with Crippen molar-refractivity contribution in [2.75, 3.05) is 16.5 Å². The van der Waals surface area contributed by atoms with E-state index in [9.17, 15) is 0 Å². The van der Waals surface area contributed by atoms with Crippen molar-refractivity contribution < 1.29 is 0 Å². The van der Waals surface area contributed by atoms with Gasteiger partial charge in [0.05, 0.1) is 18.1 Å². The number of rotatable bonds is 4. The van der Waals surface area contributed by atoms with Crippen LogP contribution in [0.25, 0.3) is 39.6 Å². The van der Waals surface area contributed by atoms with Crippen molar-refractivity contribution in [3.05, 3.63) is 142 Å². The molecule has 6 aromatic rings. The molecule has 0 saturated heterocycles. The van der Waals surface area contributed by atoms with E-state index in [-0.39, 0.29) is 0 Å². The zero-order chi connectivity index (χ0) is 28.2. The lowest BCUT2D eigenvalue weighted by atomic mass is 10.00. The summed E-state index contributed by atoms with van der Waals surface area (Å²) >= 11 is 3.67. The molecule has 2 bridgehead atoms. The smallest absolute Gasteiger partial charge is 0.145 e. The van der Waals surface area contributed by atoms with E-state index < -0.39 is 0 Å². The number of hydrogen-bond donors (Lipinski definition) is 0. The summed E-state index contributed by atoms with van der Waals surface area (Å²) in [5, 5.41) is 0. The fourth-order valence-electron chi connectivity index (χ4n) is 6.35. The molecule has 0 atom stereocenters. The largest absolute Gasteiger partial charge is 0.349 e. The Balaban J connectivity index is 1.33. The highest BCUT2D eigenvalue weighted by atomic mass is 79.9. The highest BCUT2D eigenvalue weighted by Gasteiger charge is 2.30. The van der Waals surface area contributed by atoms with Crippen molar-refractivity contribution in [3.8, 4) is 39.6 Å². The Labute approximate surface area is 254 Å². The molecule has 5 heteroatoms. The van der Waals surface area contributed by atoms with Crippen LogP contribution in [0.5, 0.6) is 0 Å². The first-order valence-electron chi connectivity index (χ1n) is 14.3. The third-order valence-electron chi connectivity index (χ3n) is 8.40. The fourth-order valence-corrected chi connectivity index (χ4v) is 6.70. The van der Waals surface area contributed by atoms with Crippen molar-refractivity contribution >= 4 is 27.3 Å². The van der Waals surface area contributed by atoms with Crippen LogP contribution >= 0.6 is 15.9 Å². The molecule has 42 heavy (non-hydrogen) atoms. The Bertz CT molecular complexity index is 1930. The van der Waals surface area contributed by atoms with Crippen molar-refractivity contribution in [2.24, 2.45) is 0 Å². The number of anilines is 2. The van der Waals surface area contributed by atoms with Gasteiger partial charge in [0.1, 0.15) is 5.82 Å². The Morgan fingerprint density at radius 3 is 1.93 bits per heavy atom. The van der Waals surface area contributed by atoms with Gasteiger partial charge in [-0.3, -0.25) is 4.57 Å². The summed E-state index contributed by atoms with van der Waals surface area (Å²) in [6.45, 7) is 4.81. The number of imidazole rings is 1. The molecule has 2 aliphatic rings. The van der Waals surface area contributed by atoms with Gasteiger partial charge in [-0.1, -0.05) is 112 Å². The van der Waals surface area contributed by atoms with Gasteiger partial charge in [0, 0.05) is 51.3 Å². The van der Waals surface area contributed by atoms with E-state index in [1.54, 1.807) is 0 Å². The lowest BCUT2D eigenvalue weighted by Gasteiger charge is -2.45. The third kappa shape index (κ3) is 4.24. The van der Waals surface area contributed by atoms with Gasteiger partial charge in [-0.25, -0.2) is 4.98 Å². The molecule has 0 spiro atoms. The summed E-state index contributed by atoms with van der Waals surface area (Å²) in [6.07, 6.45) is 0. The first kappa shape index (κ1) is 25.1. The summed E-state index contributed by atoms with van der Waals surface area (Å²) in [7, 11) is 0. The second kappa shape index (κ2) is 10.0. The highest BCUT2D eigenvalue weighted by molar-refractivity contribution is 9.10. The molecule has 1 aromatic heterocycles. The Morgan fingerprint density at radius 2 is 1.24 bits per heavy atom. The second-order valence-corrected chi connectivity index (χ2v) is 12.1. The molecule has 3 heterocycles. The monoisotopic (exact) mass is 608 g/mol. The molecule has 0 saturated carbocycles. The second-order valence-electron chi connectivity index (χ2n) is 11.2. The molecule has 0 radical (unpaired) electrons. The minimum Gasteiger partial charge on any atom is -0.349 e. The molecule has 0 aliphatic carbocycles. The average Bonchev–Trinajstić information content (AvgIpc) is 3.43. The number of aryl methyl sites for hydroxylation is 1. The zero-order valence-corrected chi connectivity index (χ0v) is 24.9. The SMILES string of the molecule is Cc1ccc(-n2c(-c3ccc4c(c3)N3Cc5ccc(Br)cc5N(C4)C3)nc(-c3ccccc3)c2-c2ccccc2)cc1. The topological polar surface area (TPSA) is 24.3 Å². The van der Waals surface area contributed by atoms with E-state index in [1.807, 2.05) is 0 Å². The van der Waals surface area contributed by atoms with Gasteiger partial charge in [-0.15, -0.1) is 0 Å². The maximum absolute atomic E-state index is 5.43. The fraction of sp³-hybridized carbons (Fsp3) is 0.108. The van der Waals surface area contributed by atoms with Crippen LogP contribution in [-0.4, -0.2) is 16.2 Å². The maximum Gasteiger partial charge on any atom is 0.145 e. The van der Waals surface area contributed by atoms with Crippen LogP contribution in [0.3, 0.4) is 0 Å². The number of halogens is 1. The zero-order valence-electron chi connectivity index (χ0n) is 23.3. The number of fused-ring (bicyclic) bond motifs is 6. The van der Waals surface area contributed by atoms with Gasteiger partial charge in [0.2, 0.25) is 0 Å². The van der Waals surface area contributed by atoms with Crippen LogP contribution in [-0.2, 0) is 13.1 Å². The van der Waals surface area contributed by atoms with E-state index in [0.717, 1.165) is 63.8 Å². The first-order chi connectivity index (χ1) is 20.6. The maximum atomic E-state index is 5.43. The highest BCUT2D eigenvalue weighted by Crippen LogP contribution is 2.43. The van der Waals surface area contributed by atoms with Crippen molar-refractivity contribution in [1.29, 1.82) is 0 Å². The molecule has 0 fully saturated rings. The minimum atomic E-state index is 0.886. The number of nitrogens with zero attached hydrogens (tertiary/aromatic N) is 4. The third-order valence-corrected chi connectivity index (χ3v) is 8.89. The lowest BCUT2D eigenvalue weighted by Crippen LogP contribution is -2.46. The summed E-state index contributed by atoms with van der Waals surface area (Å²) in [4.78, 5) is 10.4. The molecule has 4 nitrogen and oxygen atoms in total. The number of benzene rings is 5.